The van der Waals surface area contributed by atoms with Crippen LogP contribution in [0.2, 0.25) is 0 Å². The van der Waals surface area contributed by atoms with Crippen molar-refractivity contribution in [3.05, 3.63) is 23.9 Å². The molecule has 2 rings (SSSR count). The van der Waals surface area contributed by atoms with Gasteiger partial charge in [-0.3, -0.25) is 0 Å². The van der Waals surface area contributed by atoms with E-state index in [1.807, 2.05) is 18.2 Å². The Morgan fingerprint density at radius 2 is 2.17 bits per heavy atom. The van der Waals surface area contributed by atoms with Crippen molar-refractivity contribution < 1.29 is 4.74 Å². The molecule has 1 aliphatic rings. The Morgan fingerprint density at radius 1 is 1.33 bits per heavy atom. The molecule has 0 aliphatic heterocycles. The van der Waals surface area contributed by atoms with Crippen LogP contribution >= 0.6 is 0 Å². The maximum absolute atomic E-state index is 5.14. The summed E-state index contributed by atoms with van der Waals surface area (Å²) in [4.78, 5) is 4.43. The lowest BCUT2D eigenvalue weighted by molar-refractivity contribution is 0.226. The molecule has 0 saturated heterocycles. The highest BCUT2D eigenvalue weighted by Gasteiger charge is 2.24. The van der Waals surface area contributed by atoms with Crippen molar-refractivity contribution in [1.29, 1.82) is 0 Å². The van der Waals surface area contributed by atoms with Crippen LogP contribution in [0.4, 0.5) is 0 Å². The maximum Gasteiger partial charge on any atom is 0.213 e. The molecule has 3 nitrogen and oxygen atoms in total. The second-order valence-electron chi connectivity index (χ2n) is 5.55. The van der Waals surface area contributed by atoms with Crippen LogP contribution in [0.15, 0.2) is 18.2 Å². The van der Waals surface area contributed by atoms with E-state index in [9.17, 15) is 0 Å². The van der Waals surface area contributed by atoms with Gasteiger partial charge in [-0.2, -0.15) is 0 Å². The first-order valence-electron chi connectivity index (χ1n) is 6.92. The van der Waals surface area contributed by atoms with E-state index in [1.165, 1.54) is 19.3 Å². The van der Waals surface area contributed by atoms with Crippen molar-refractivity contribution in [2.75, 3.05) is 7.11 Å². The normalized spacial score (nSPS) is 28.1. The highest BCUT2D eigenvalue weighted by molar-refractivity contribution is 5.15. The minimum Gasteiger partial charge on any atom is -0.481 e. The van der Waals surface area contributed by atoms with Gasteiger partial charge in [0.1, 0.15) is 0 Å². The van der Waals surface area contributed by atoms with Gasteiger partial charge in [0, 0.05) is 18.7 Å². The second-order valence-corrected chi connectivity index (χ2v) is 5.55. The molecule has 0 spiro atoms. The van der Waals surface area contributed by atoms with E-state index in [0.717, 1.165) is 24.1 Å². The fraction of sp³-hybridized carbons (Fsp3) is 0.667. The fourth-order valence-electron chi connectivity index (χ4n) is 2.87. The van der Waals surface area contributed by atoms with Crippen molar-refractivity contribution in [2.24, 2.45) is 11.8 Å². The van der Waals surface area contributed by atoms with Gasteiger partial charge in [0.25, 0.3) is 0 Å². The number of aromatic nitrogens is 1. The first kappa shape index (κ1) is 13.3. The Bertz CT molecular complexity index is 381. The molecule has 1 saturated carbocycles. The summed E-state index contributed by atoms with van der Waals surface area (Å²) in [5.41, 5.74) is 1.06. The molecule has 3 atom stereocenters. The van der Waals surface area contributed by atoms with Crippen LogP contribution in [0.3, 0.4) is 0 Å². The number of rotatable bonds is 4. The quantitative estimate of drug-likeness (QED) is 0.889. The van der Waals surface area contributed by atoms with Crippen molar-refractivity contribution in [1.82, 2.24) is 10.3 Å². The third-order valence-electron chi connectivity index (χ3n) is 3.97. The molecule has 1 aromatic heterocycles. The van der Waals surface area contributed by atoms with Gasteiger partial charge in [-0.25, -0.2) is 4.98 Å². The summed E-state index contributed by atoms with van der Waals surface area (Å²) in [7, 11) is 1.66. The molecule has 1 N–H and O–H groups in total. The molecule has 0 radical (unpaired) electrons. The molecule has 100 valence electrons. The van der Waals surface area contributed by atoms with Gasteiger partial charge < -0.3 is 10.1 Å². The predicted octanol–water partition coefficient (Wildman–Crippen LogP) is 3.00. The maximum atomic E-state index is 5.14. The first-order valence-corrected chi connectivity index (χ1v) is 6.92. The Balaban J connectivity index is 1.87. The smallest absolute Gasteiger partial charge is 0.213 e. The van der Waals surface area contributed by atoms with Crippen LogP contribution in [0.5, 0.6) is 5.88 Å². The van der Waals surface area contributed by atoms with Crippen LogP contribution in [-0.2, 0) is 6.54 Å². The van der Waals surface area contributed by atoms with E-state index in [1.54, 1.807) is 7.11 Å². The summed E-state index contributed by atoms with van der Waals surface area (Å²) in [6, 6.07) is 6.56. The summed E-state index contributed by atoms with van der Waals surface area (Å²) < 4.78 is 5.14. The lowest BCUT2D eigenvalue weighted by Gasteiger charge is -2.33. The average molecular weight is 248 g/mol. The van der Waals surface area contributed by atoms with Gasteiger partial charge in [0.2, 0.25) is 5.88 Å². The highest BCUT2D eigenvalue weighted by Crippen LogP contribution is 2.28. The summed E-state index contributed by atoms with van der Waals surface area (Å²) in [5.74, 6) is 2.34. The average Bonchev–Trinajstić information content (AvgIpc) is 2.38. The van der Waals surface area contributed by atoms with E-state index in [0.29, 0.717) is 11.9 Å². The zero-order valence-electron chi connectivity index (χ0n) is 11.6. The second kappa shape index (κ2) is 6.19. The molecule has 18 heavy (non-hydrogen) atoms. The zero-order valence-corrected chi connectivity index (χ0v) is 11.6. The van der Waals surface area contributed by atoms with E-state index < -0.39 is 0 Å². The molecule has 3 unspecified atom stereocenters. The van der Waals surface area contributed by atoms with Crippen LogP contribution in [0.1, 0.15) is 38.8 Å². The molecule has 1 aliphatic carbocycles. The minimum absolute atomic E-state index is 0.634. The molecule has 1 heterocycles. The highest BCUT2D eigenvalue weighted by atomic mass is 16.5. The first-order chi connectivity index (χ1) is 8.69. The van der Waals surface area contributed by atoms with Gasteiger partial charge in [-0.15, -0.1) is 0 Å². The summed E-state index contributed by atoms with van der Waals surface area (Å²) in [5, 5.41) is 3.64. The van der Waals surface area contributed by atoms with Crippen LogP contribution in [0.25, 0.3) is 0 Å². The number of hydrogen-bond acceptors (Lipinski definition) is 3. The topological polar surface area (TPSA) is 34.1 Å². The number of nitrogens with one attached hydrogen (secondary N) is 1. The summed E-state index contributed by atoms with van der Waals surface area (Å²) in [6.45, 7) is 5.54. The predicted molar refractivity (Wildman–Crippen MR) is 73.6 cm³/mol. The van der Waals surface area contributed by atoms with E-state index in [2.05, 4.69) is 24.1 Å². The molecular formula is C15H24N2O. The lowest BCUT2D eigenvalue weighted by atomic mass is 9.80. The molecule has 3 heteroatoms. The minimum atomic E-state index is 0.634. The summed E-state index contributed by atoms with van der Waals surface area (Å²) in [6.07, 6.45) is 3.96. The molecule has 0 aromatic carbocycles. The standard InChI is InChI=1S/C15H24N2O/c1-11-7-8-14(12(2)9-11)16-10-13-5-4-6-15(17-13)18-3/h4-6,11-12,14,16H,7-10H2,1-3H3. The Morgan fingerprint density at radius 3 is 2.89 bits per heavy atom. The van der Waals surface area contributed by atoms with E-state index in [4.69, 9.17) is 4.74 Å². The Hall–Kier alpha value is -1.09. The number of hydrogen-bond donors (Lipinski definition) is 1. The van der Waals surface area contributed by atoms with Gasteiger partial charge >= 0.3 is 0 Å². The molecule has 1 aromatic rings. The van der Waals surface area contributed by atoms with E-state index in [-0.39, 0.29) is 0 Å². The molecular weight excluding hydrogens is 224 g/mol. The van der Waals surface area contributed by atoms with Crippen LogP contribution in [0, 0.1) is 11.8 Å². The largest absolute Gasteiger partial charge is 0.481 e. The van der Waals surface area contributed by atoms with Gasteiger partial charge in [0.05, 0.1) is 12.8 Å². The Labute approximate surface area is 110 Å². The number of pyridine rings is 1. The van der Waals surface area contributed by atoms with Gasteiger partial charge in [-0.1, -0.05) is 19.9 Å². The third-order valence-corrected chi connectivity index (χ3v) is 3.97. The molecule has 1 fully saturated rings. The van der Waals surface area contributed by atoms with Crippen molar-refractivity contribution in [3.8, 4) is 5.88 Å². The lowest BCUT2D eigenvalue weighted by Crippen LogP contribution is -2.38. The third kappa shape index (κ3) is 3.45. The monoisotopic (exact) mass is 248 g/mol. The van der Waals surface area contributed by atoms with Crippen molar-refractivity contribution in [3.63, 3.8) is 0 Å². The van der Waals surface area contributed by atoms with Crippen LogP contribution < -0.4 is 10.1 Å². The Kier molecular flexibility index (Phi) is 4.59. The van der Waals surface area contributed by atoms with E-state index >= 15 is 0 Å². The van der Waals surface area contributed by atoms with Gasteiger partial charge in [-0.05, 0) is 37.2 Å². The van der Waals surface area contributed by atoms with Crippen LogP contribution in [-0.4, -0.2) is 18.1 Å². The molecule has 0 bridgehead atoms. The number of nitrogens with zero attached hydrogens (tertiary/aromatic N) is 1. The summed E-state index contributed by atoms with van der Waals surface area (Å²) >= 11 is 0. The SMILES string of the molecule is COc1cccc(CNC2CCC(C)CC2C)n1. The molecule has 0 amide bonds. The van der Waals surface area contributed by atoms with Gasteiger partial charge in [0.15, 0.2) is 0 Å². The number of methoxy groups -OCH3 is 1. The zero-order chi connectivity index (χ0) is 13.0. The van der Waals surface area contributed by atoms with Crippen molar-refractivity contribution >= 4 is 0 Å². The number of ether oxygens (including phenoxy) is 1. The van der Waals surface area contributed by atoms with Crippen molar-refractivity contribution in [2.45, 2.75) is 45.7 Å². The fourth-order valence-corrected chi connectivity index (χ4v) is 2.87.